The molecule has 21 heavy (non-hydrogen) atoms. The van der Waals surface area contributed by atoms with E-state index in [0.717, 1.165) is 18.5 Å². The van der Waals surface area contributed by atoms with Gasteiger partial charge < -0.3 is 4.74 Å². The third kappa shape index (κ3) is 2.71. The maximum Gasteiger partial charge on any atom is 0.410 e. The van der Waals surface area contributed by atoms with Crippen LogP contribution in [0.25, 0.3) is 0 Å². The van der Waals surface area contributed by atoms with Gasteiger partial charge in [-0.3, -0.25) is 19.5 Å². The Labute approximate surface area is 124 Å². The van der Waals surface area contributed by atoms with Crippen molar-refractivity contribution in [1.29, 1.82) is 0 Å². The normalized spacial score (nSPS) is 19.1. The summed E-state index contributed by atoms with van der Waals surface area (Å²) in [5.41, 5.74) is 1.09. The molecule has 0 spiro atoms. The van der Waals surface area contributed by atoms with E-state index in [1.165, 1.54) is 12.8 Å². The molecular formula is C15H23N3O3. The summed E-state index contributed by atoms with van der Waals surface area (Å²) < 4.78 is 7.39. The second-order valence-corrected chi connectivity index (χ2v) is 7.01. The third-order valence-corrected chi connectivity index (χ3v) is 4.17. The summed E-state index contributed by atoms with van der Waals surface area (Å²) in [5.74, 6) is 0. The molecule has 116 valence electrons. The Hall–Kier alpha value is -1.72. The molecule has 1 fully saturated rings. The second-order valence-electron chi connectivity index (χ2n) is 7.01. The average Bonchev–Trinajstić information content (AvgIpc) is 3.05. The van der Waals surface area contributed by atoms with Gasteiger partial charge in [-0.2, -0.15) is 0 Å². The molecule has 6 heteroatoms. The van der Waals surface area contributed by atoms with Crippen molar-refractivity contribution in [2.75, 3.05) is 0 Å². The highest BCUT2D eigenvalue weighted by molar-refractivity contribution is 5.69. The number of carbonyl (C=O) groups excluding carboxylic acids is 1. The van der Waals surface area contributed by atoms with Gasteiger partial charge in [0.05, 0.1) is 30.4 Å². The van der Waals surface area contributed by atoms with Crippen LogP contribution in [-0.4, -0.2) is 26.4 Å². The van der Waals surface area contributed by atoms with Crippen LogP contribution in [-0.2, 0) is 17.8 Å². The Kier molecular flexibility index (Phi) is 3.34. The fraction of sp³-hybridized carbons (Fsp3) is 0.733. The number of nitrogens with zero attached hydrogens (tertiary/aromatic N) is 2. The largest absolute Gasteiger partial charge is 0.444 e. The first kappa shape index (κ1) is 14.2. The molecule has 1 aromatic rings. The molecule has 0 saturated heterocycles. The highest BCUT2D eigenvalue weighted by Gasteiger charge is 2.34. The predicted molar refractivity (Wildman–Crippen MR) is 78.0 cm³/mol. The van der Waals surface area contributed by atoms with Gasteiger partial charge in [-0.05, 0) is 33.6 Å². The van der Waals surface area contributed by atoms with Gasteiger partial charge in [0.15, 0.2) is 0 Å². The van der Waals surface area contributed by atoms with Crippen molar-refractivity contribution in [3.05, 3.63) is 21.6 Å². The van der Waals surface area contributed by atoms with E-state index in [1.54, 1.807) is 4.90 Å². The minimum Gasteiger partial charge on any atom is -0.444 e. The minimum absolute atomic E-state index is 0.0667. The number of hydrogen-bond donors (Lipinski definition) is 1. The molecule has 6 nitrogen and oxygen atoms in total. The van der Waals surface area contributed by atoms with Crippen LogP contribution in [0.2, 0.25) is 0 Å². The zero-order valence-electron chi connectivity index (χ0n) is 12.9. The van der Waals surface area contributed by atoms with E-state index in [2.05, 4.69) is 5.10 Å². The van der Waals surface area contributed by atoms with E-state index in [0.29, 0.717) is 24.7 Å². The zero-order valence-corrected chi connectivity index (χ0v) is 12.9. The standard InChI is InChI=1S/C15H23N3O3/c1-15(2,3)21-14(20)17-8-11-12(9-17)18(16-13(11)19)10-6-4-5-7-10/h10H,4-9H2,1-3H3,(H,16,19). The lowest BCUT2D eigenvalue weighted by molar-refractivity contribution is 0.0237. The molecule has 1 aliphatic carbocycles. The van der Waals surface area contributed by atoms with E-state index < -0.39 is 5.60 Å². The molecule has 0 aromatic carbocycles. The SMILES string of the molecule is CC(C)(C)OC(=O)N1Cc2c(n(C3CCCC3)[nH]c2=O)C1. The van der Waals surface area contributed by atoms with Crippen LogP contribution in [0.3, 0.4) is 0 Å². The maximum atomic E-state index is 12.2. The van der Waals surface area contributed by atoms with Crippen molar-refractivity contribution in [2.24, 2.45) is 0 Å². The number of hydrogen-bond acceptors (Lipinski definition) is 3. The van der Waals surface area contributed by atoms with Crippen LogP contribution in [0, 0.1) is 0 Å². The Morgan fingerprint density at radius 2 is 1.90 bits per heavy atom. The first-order valence-corrected chi connectivity index (χ1v) is 7.65. The summed E-state index contributed by atoms with van der Waals surface area (Å²) in [6.45, 7) is 6.34. The first-order chi connectivity index (χ1) is 9.85. The van der Waals surface area contributed by atoms with Gasteiger partial charge in [0.1, 0.15) is 5.60 Å². The Balaban J connectivity index is 1.79. The van der Waals surface area contributed by atoms with Crippen molar-refractivity contribution in [3.63, 3.8) is 0 Å². The van der Waals surface area contributed by atoms with Crippen molar-refractivity contribution >= 4 is 6.09 Å². The second kappa shape index (κ2) is 4.93. The van der Waals surface area contributed by atoms with Crippen molar-refractivity contribution in [2.45, 2.75) is 71.2 Å². The number of nitrogens with one attached hydrogen (secondary N) is 1. The Morgan fingerprint density at radius 3 is 2.52 bits per heavy atom. The van der Waals surface area contributed by atoms with Crippen LogP contribution < -0.4 is 5.56 Å². The van der Waals surface area contributed by atoms with E-state index in [1.807, 2.05) is 25.5 Å². The van der Waals surface area contributed by atoms with Crippen molar-refractivity contribution < 1.29 is 9.53 Å². The van der Waals surface area contributed by atoms with Crippen LogP contribution in [0.15, 0.2) is 4.79 Å². The Morgan fingerprint density at radius 1 is 1.24 bits per heavy atom. The van der Waals surface area contributed by atoms with Gasteiger partial charge in [0.25, 0.3) is 5.56 Å². The molecule has 1 saturated carbocycles. The zero-order chi connectivity index (χ0) is 15.2. The molecule has 2 heterocycles. The molecule has 0 bridgehead atoms. The molecule has 0 unspecified atom stereocenters. The highest BCUT2D eigenvalue weighted by Crippen LogP contribution is 2.32. The number of rotatable bonds is 1. The average molecular weight is 293 g/mol. The lowest BCUT2D eigenvalue weighted by Gasteiger charge is -2.24. The van der Waals surface area contributed by atoms with Crippen LogP contribution >= 0.6 is 0 Å². The van der Waals surface area contributed by atoms with Gasteiger partial charge in [0.2, 0.25) is 0 Å². The number of aromatic amines is 1. The number of aromatic nitrogens is 2. The fourth-order valence-electron chi connectivity index (χ4n) is 3.21. The molecule has 1 N–H and O–H groups in total. The van der Waals surface area contributed by atoms with Crippen molar-refractivity contribution in [1.82, 2.24) is 14.7 Å². The van der Waals surface area contributed by atoms with Gasteiger partial charge in [0, 0.05) is 0 Å². The lowest BCUT2D eigenvalue weighted by atomic mass is 10.2. The molecule has 2 aliphatic rings. The molecular weight excluding hydrogens is 270 g/mol. The molecule has 0 radical (unpaired) electrons. The van der Waals surface area contributed by atoms with E-state index in [-0.39, 0.29) is 11.7 Å². The molecule has 0 atom stereocenters. The molecule has 1 amide bonds. The fourth-order valence-corrected chi connectivity index (χ4v) is 3.21. The Bertz CT molecular complexity index is 603. The molecule has 1 aromatic heterocycles. The number of fused-ring (bicyclic) bond motifs is 1. The topological polar surface area (TPSA) is 67.3 Å². The number of ether oxygens (including phenoxy) is 1. The predicted octanol–water partition coefficient (Wildman–Crippen LogP) is 2.54. The summed E-state index contributed by atoms with van der Waals surface area (Å²) >= 11 is 0. The van der Waals surface area contributed by atoms with Gasteiger partial charge in [-0.1, -0.05) is 12.8 Å². The van der Waals surface area contributed by atoms with E-state index in [4.69, 9.17) is 4.74 Å². The summed E-state index contributed by atoms with van der Waals surface area (Å²) in [5, 5.41) is 2.95. The van der Waals surface area contributed by atoms with Crippen molar-refractivity contribution in [3.8, 4) is 0 Å². The number of carbonyl (C=O) groups is 1. The first-order valence-electron chi connectivity index (χ1n) is 7.65. The summed E-state index contributed by atoms with van der Waals surface area (Å²) in [4.78, 5) is 25.8. The van der Waals surface area contributed by atoms with Crippen LogP contribution in [0.4, 0.5) is 4.79 Å². The smallest absolute Gasteiger partial charge is 0.410 e. The minimum atomic E-state index is -0.516. The van der Waals surface area contributed by atoms with Gasteiger partial charge >= 0.3 is 6.09 Å². The molecule has 1 aliphatic heterocycles. The van der Waals surface area contributed by atoms with Gasteiger partial charge in [-0.15, -0.1) is 0 Å². The van der Waals surface area contributed by atoms with Crippen LogP contribution in [0.5, 0.6) is 0 Å². The molecule has 3 rings (SSSR count). The number of amides is 1. The lowest BCUT2D eigenvalue weighted by Crippen LogP contribution is -2.34. The quantitative estimate of drug-likeness (QED) is 0.865. The number of H-pyrrole nitrogens is 1. The van der Waals surface area contributed by atoms with Crippen LogP contribution in [0.1, 0.15) is 63.8 Å². The third-order valence-electron chi connectivity index (χ3n) is 4.17. The van der Waals surface area contributed by atoms with Gasteiger partial charge in [-0.25, -0.2) is 4.79 Å². The van der Waals surface area contributed by atoms with E-state index >= 15 is 0 Å². The summed E-state index contributed by atoms with van der Waals surface area (Å²) in [7, 11) is 0. The summed E-state index contributed by atoms with van der Waals surface area (Å²) in [6, 6.07) is 0.375. The monoisotopic (exact) mass is 293 g/mol. The summed E-state index contributed by atoms with van der Waals surface area (Å²) in [6.07, 6.45) is 4.26. The van der Waals surface area contributed by atoms with E-state index in [9.17, 15) is 9.59 Å². The maximum absolute atomic E-state index is 12.2. The highest BCUT2D eigenvalue weighted by atomic mass is 16.6.